The monoisotopic (exact) mass is 766 g/mol. The molecule has 0 aromatic heterocycles. The van der Waals surface area contributed by atoms with E-state index in [4.69, 9.17) is 0 Å². The molecule has 0 N–H and O–H groups in total. The summed E-state index contributed by atoms with van der Waals surface area (Å²) in [5.74, 6) is 0. The molecule has 0 aliphatic rings. The van der Waals surface area contributed by atoms with Crippen molar-refractivity contribution in [3.05, 3.63) is 181 Å². The maximum Gasteiger partial charge on any atom is 2.00 e. The Balaban J connectivity index is 0.000000184. The van der Waals surface area contributed by atoms with Gasteiger partial charge in [-0.05, 0) is 24.0 Å². The zero-order valence-electron chi connectivity index (χ0n) is 31.0. The minimum Gasteiger partial charge on any atom is -0.164 e. The van der Waals surface area contributed by atoms with Crippen molar-refractivity contribution >= 4 is 31.1 Å². The van der Waals surface area contributed by atoms with E-state index in [0.29, 0.717) is 0 Å². The maximum absolute atomic E-state index is 2.38. The van der Waals surface area contributed by atoms with Gasteiger partial charge in [0.1, 0.15) is 0 Å². The van der Waals surface area contributed by atoms with Crippen molar-refractivity contribution in [2.45, 2.75) is 52.6 Å². The Kier molecular flexibility index (Phi) is 14.5. The van der Waals surface area contributed by atoms with Gasteiger partial charge in [-0.25, -0.2) is 0 Å². The first-order valence-corrected chi connectivity index (χ1v) is 20.4. The first kappa shape index (κ1) is 38.9. The molecule has 0 saturated carbocycles. The predicted octanol–water partition coefficient (Wildman–Crippen LogP) is 14.5. The molecule has 0 aliphatic carbocycles. The Morgan fingerprint density at radius 1 is 0.404 bits per heavy atom. The third-order valence-electron chi connectivity index (χ3n) is 9.31. The fourth-order valence-electron chi connectivity index (χ4n) is 7.06. The van der Waals surface area contributed by atoms with Gasteiger partial charge in [-0.15, -0.1) is 44.8 Å². The molecule has 8 aromatic rings. The fraction of sp³-hybridized carbons (Fsp3) is 0.160. The molecule has 256 valence electrons. The molecule has 2 radical (unpaired) electrons. The van der Waals surface area contributed by atoms with Crippen molar-refractivity contribution in [1.29, 1.82) is 0 Å². The Hall–Kier alpha value is -4.36. The summed E-state index contributed by atoms with van der Waals surface area (Å²) in [6.45, 7) is 8.79. The van der Waals surface area contributed by atoms with Crippen LogP contribution in [0.5, 0.6) is 0 Å². The van der Waals surface area contributed by atoms with E-state index < -0.39 is 0 Å². The maximum atomic E-state index is 2.38. The molecule has 0 atom stereocenters. The van der Waals surface area contributed by atoms with E-state index in [2.05, 4.69) is 197 Å². The molecule has 0 aliphatic heterocycles. The largest absolute Gasteiger partial charge is 2.00 e. The summed E-state index contributed by atoms with van der Waals surface area (Å²) in [4.78, 5) is 0. The van der Waals surface area contributed by atoms with Crippen LogP contribution in [0, 0.1) is 0 Å². The van der Waals surface area contributed by atoms with Crippen LogP contribution in [0.2, 0.25) is 13.1 Å². The van der Waals surface area contributed by atoms with Gasteiger partial charge in [-0.2, -0.15) is 12.1 Å². The van der Waals surface area contributed by atoms with Crippen LogP contribution in [0.3, 0.4) is 0 Å². The van der Waals surface area contributed by atoms with E-state index in [0.717, 1.165) is 22.4 Å². The second-order valence-corrected chi connectivity index (χ2v) is 14.2. The van der Waals surface area contributed by atoms with Gasteiger partial charge in [0.2, 0.25) is 0 Å². The Morgan fingerprint density at radius 2 is 0.673 bits per heavy atom. The van der Waals surface area contributed by atoms with Crippen molar-refractivity contribution in [2.24, 2.45) is 0 Å². The van der Waals surface area contributed by atoms with Crippen LogP contribution in [-0.4, -0.2) is 9.52 Å². The number of hydrogen-bond acceptors (Lipinski definition) is 0. The average Bonchev–Trinajstić information content (AvgIpc) is 3.81. The molecular formula is C50H48SiZr. The van der Waals surface area contributed by atoms with E-state index in [9.17, 15) is 0 Å². The predicted molar refractivity (Wildman–Crippen MR) is 226 cm³/mol. The van der Waals surface area contributed by atoms with Crippen LogP contribution in [0.15, 0.2) is 170 Å². The van der Waals surface area contributed by atoms with E-state index in [1.165, 1.54) is 90.0 Å². The zero-order chi connectivity index (χ0) is 35.4. The van der Waals surface area contributed by atoms with Crippen molar-refractivity contribution in [1.82, 2.24) is 0 Å². The van der Waals surface area contributed by atoms with E-state index >= 15 is 0 Å². The topological polar surface area (TPSA) is 0 Å². The molecule has 0 unspecified atom stereocenters. The van der Waals surface area contributed by atoms with E-state index in [1.807, 2.05) is 0 Å². The Bertz CT molecular complexity index is 1930. The van der Waals surface area contributed by atoms with Crippen LogP contribution < -0.4 is 0 Å². The van der Waals surface area contributed by atoms with E-state index in [-0.39, 0.29) is 26.2 Å². The minimum absolute atomic E-state index is 0. The van der Waals surface area contributed by atoms with Gasteiger partial charge in [0.15, 0.2) is 0 Å². The first-order chi connectivity index (χ1) is 25.1. The summed E-state index contributed by atoms with van der Waals surface area (Å²) < 4.78 is 0. The molecule has 0 bridgehead atoms. The van der Waals surface area contributed by atoms with Crippen molar-refractivity contribution in [3.63, 3.8) is 0 Å². The summed E-state index contributed by atoms with van der Waals surface area (Å²) in [5, 5.41) is 5.47. The van der Waals surface area contributed by atoms with E-state index in [1.54, 1.807) is 0 Å². The minimum atomic E-state index is 0. The molecule has 52 heavy (non-hydrogen) atoms. The van der Waals surface area contributed by atoms with Crippen LogP contribution in [-0.2, 0) is 39.0 Å². The molecular weight excluding hydrogens is 720 g/mol. The van der Waals surface area contributed by atoms with Gasteiger partial charge in [0, 0.05) is 9.52 Å². The molecule has 0 spiro atoms. The standard InChI is InChI=1S/2C24H21.C2H6Si.Zr/c2*1-2-9-18-16-23-21(19-10-5-3-6-11-19)14-15-22(24(23)17-18)20-12-7-4-8-13-20;1-3-2;/h2*3-8,10-17H,2,9H2,1H3;1-2H3;/q2*-1;;+2. The summed E-state index contributed by atoms with van der Waals surface area (Å²) in [6.07, 6.45) is 4.63. The van der Waals surface area contributed by atoms with Gasteiger partial charge in [-0.1, -0.05) is 219 Å². The number of rotatable bonds is 8. The number of benzene rings is 6. The molecule has 8 aromatic carbocycles. The SMILES string of the molecule is CCCc1cc2c(-c3ccccc3)ccc(-c3ccccc3)c2[cH-]1.CCCc1cc2c(-c3ccccc3)ccc(-c3ccccc3)c2[cH-]1.C[Si]C.[Zr+2]. The molecule has 0 nitrogen and oxygen atoms in total. The van der Waals surface area contributed by atoms with Crippen molar-refractivity contribution in [3.8, 4) is 44.5 Å². The smallest absolute Gasteiger partial charge is 0.164 e. The molecule has 0 fully saturated rings. The number of hydrogen-bond donors (Lipinski definition) is 0. The summed E-state index contributed by atoms with van der Waals surface area (Å²) in [6, 6.07) is 61.4. The van der Waals surface area contributed by atoms with Crippen LogP contribution in [0.4, 0.5) is 0 Å². The number of fused-ring (bicyclic) bond motifs is 2. The van der Waals surface area contributed by atoms with Crippen molar-refractivity contribution < 1.29 is 26.2 Å². The first-order valence-electron chi connectivity index (χ1n) is 18.4. The zero-order valence-corrected chi connectivity index (χ0v) is 34.5. The average molecular weight is 768 g/mol. The summed E-state index contributed by atoms with van der Waals surface area (Å²) in [5.41, 5.74) is 13.3. The van der Waals surface area contributed by atoms with Crippen LogP contribution >= 0.6 is 0 Å². The summed E-state index contributed by atoms with van der Waals surface area (Å²) >= 11 is 0. The van der Waals surface area contributed by atoms with Crippen LogP contribution in [0.25, 0.3) is 66.1 Å². The van der Waals surface area contributed by atoms with Gasteiger partial charge < -0.3 is 0 Å². The molecule has 0 saturated heterocycles. The summed E-state index contributed by atoms with van der Waals surface area (Å²) in [7, 11) is 1.08. The van der Waals surface area contributed by atoms with Gasteiger partial charge in [-0.3, -0.25) is 0 Å². The number of aryl methyl sites for hydroxylation is 2. The second-order valence-electron chi connectivity index (χ2n) is 13.2. The second kappa shape index (κ2) is 19.5. The van der Waals surface area contributed by atoms with Gasteiger partial charge >= 0.3 is 26.2 Å². The third-order valence-corrected chi connectivity index (χ3v) is 9.31. The normalized spacial score (nSPS) is 10.5. The third kappa shape index (κ3) is 9.16. The Morgan fingerprint density at radius 3 is 0.962 bits per heavy atom. The molecule has 2 heteroatoms. The van der Waals surface area contributed by atoms with Gasteiger partial charge in [0.05, 0.1) is 0 Å². The van der Waals surface area contributed by atoms with Gasteiger partial charge in [0.25, 0.3) is 0 Å². The molecule has 0 heterocycles. The molecule has 8 rings (SSSR count). The quantitative estimate of drug-likeness (QED) is 0.107. The molecule has 0 amide bonds. The van der Waals surface area contributed by atoms with Crippen LogP contribution in [0.1, 0.15) is 37.8 Å². The van der Waals surface area contributed by atoms with Crippen molar-refractivity contribution in [2.75, 3.05) is 0 Å². The Labute approximate surface area is 333 Å². The fourth-order valence-corrected chi connectivity index (χ4v) is 7.06.